The molecule has 1 aliphatic carbocycles. The highest BCUT2D eigenvalue weighted by Crippen LogP contribution is 2.59. The molecule has 0 N–H and O–H groups in total. The van der Waals surface area contributed by atoms with Crippen LogP contribution in [0.4, 0.5) is 5.69 Å². The Morgan fingerprint density at radius 3 is 2.35 bits per heavy atom. The van der Waals surface area contributed by atoms with Gasteiger partial charge >= 0.3 is 5.97 Å². The third-order valence-electron chi connectivity index (χ3n) is 8.12. The monoisotopic (exact) mass is 610 g/mol. The second kappa shape index (κ2) is 12.8. The molecule has 2 aliphatic rings. The lowest BCUT2D eigenvalue weighted by Crippen LogP contribution is -2.74. The Kier molecular flexibility index (Phi) is 9.68. The van der Waals surface area contributed by atoms with Crippen molar-refractivity contribution in [3.8, 4) is 11.5 Å². The summed E-state index contributed by atoms with van der Waals surface area (Å²) in [6.07, 6.45) is 2.45. The second-order valence-corrected chi connectivity index (χ2v) is 14.0. The molecule has 232 valence electrons. The summed E-state index contributed by atoms with van der Waals surface area (Å²) in [6, 6.07) is 10.8. The van der Waals surface area contributed by atoms with Crippen LogP contribution in [0.3, 0.4) is 0 Å². The molecule has 9 heteroatoms. The van der Waals surface area contributed by atoms with Crippen LogP contribution >= 0.6 is 11.6 Å². The highest BCUT2D eigenvalue weighted by molar-refractivity contribution is 6.33. The van der Waals surface area contributed by atoms with Gasteiger partial charge in [-0.25, -0.2) is 9.64 Å². The van der Waals surface area contributed by atoms with Gasteiger partial charge in [-0.05, 0) is 75.9 Å². The number of benzene rings is 2. The van der Waals surface area contributed by atoms with Crippen LogP contribution in [-0.4, -0.2) is 54.3 Å². The van der Waals surface area contributed by atoms with E-state index in [0.717, 1.165) is 30.6 Å². The summed E-state index contributed by atoms with van der Waals surface area (Å²) in [5.41, 5.74) is 0.935. The summed E-state index contributed by atoms with van der Waals surface area (Å²) in [5, 5.41) is 0.367. The molecule has 8 nitrogen and oxygen atoms in total. The Labute approximate surface area is 260 Å². The normalized spacial score (nSPS) is 20.2. The minimum absolute atomic E-state index is 0.0296. The lowest BCUT2D eigenvalue weighted by Gasteiger charge is -2.65. The van der Waals surface area contributed by atoms with Crippen molar-refractivity contribution in [3.05, 3.63) is 64.0 Å². The van der Waals surface area contributed by atoms with Crippen LogP contribution in [0.2, 0.25) is 5.02 Å². The number of hydrogen-bond acceptors (Lipinski definition) is 6. The van der Waals surface area contributed by atoms with Gasteiger partial charge in [-0.3, -0.25) is 4.79 Å². The third-order valence-corrected chi connectivity index (χ3v) is 8.42. The molecule has 0 unspecified atom stereocenters. The van der Waals surface area contributed by atoms with Gasteiger partial charge in [-0.15, -0.1) is 0 Å². The van der Waals surface area contributed by atoms with Crippen molar-refractivity contribution in [1.82, 2.24) is 4.90 Å². The Hall–Kier alpha value is -3.28. The second-order valence-electron chi connectivity index (χ2n) is 13.6. The maximum atomic E-state index is 13.6. The number of fused-ring (bicyclic) bond motifs is 1. The van der Waals surface area contributed by atoms with E-state index >= 15 is 0 Å². The summed E-state index contributed by atoms with van der Waals surface area (Å²) in [5.74, 6) is 1.05. The van der Waals surface area contributed by atoms with Crippen LogP contribution in [0.1, 0.15) is 83.7 Å². The number of halogens is 1. The van der Waals surface area contributed by atoms with Gasteiger partial charge in [0, 0.05) is 35.6 Å². The summed E-state index contributed by atoms with van der Waals surface area (Å²) in [7, 11) is 0. The van der Waals surface area contributed by atoms with Crippen LogP contribution in [0.15, 0.2) is 36.4 Å². The average molecular weight is 611 g/mol. The van der Waals surface area contributed by atoms with Crippen LogP contribution in [0, 0.1) is 17.4 Å². The molecule has 1 heterocycles. The Bertz CT molecular complexity index is 1370. The zero-order chi connectivity index (χ0) is 31.6. The molecule has 2 aromatic carbocycles. The molecule has 1 aliphatic heterocycles. The number of ether oxygens (including phenoxy) is 4. The van der Waals surface area contributed by atoms with E-state index in [9.17, 15) is 9.59 Å². The number of esters is 1. The molecule has 4 rings (SSSR count). The van der Waals surface area contributed by atoms with Gasteiger partial charge in [0.15, 0.2) is 0 Å². The highest BCUT2D eigenvalue weighted by atomic mass is 35.5. The van der Waals surface area contributed by atoms with E-state index in [0.29, 0.717) is 41.8 Å². The van der Waals surface area contributed by atoms with Gasteiger partial charge in [-0.1, -0.05) is 45.4 Å². The van der Waals surface area contributed by atoms with E-state index in [1.54, 1.807) is 18.2 Å². The largest absolute Gasteiger partial charge is 0.494 e. The Morgan fingerprint density at radius 1 is 1.02 bits per heavy atom. The topological polar surface area (TPSA) is 78.7 Å². The number of carbonyl (C=O) groups excluding carboxylic acids is 2. The fraction of sp³-hybridized carbons (Fsp3) is 0.559. The van der Waals surface area contributed by atoms with E-state index in [1.165, 1.54) is 0 Å². The average Bonchev–Trinajstić information content (AvgIpc) is 3.21. The molecule has 0 saturated heterocycles. The predicted octanol–water partition coefficient (Wildman–Crippen LogP) is 7.64. The van der Waals surface area contributed by atoms with Gasteiger partial charge in [0.05, 0.1) is 18.2 Å². The standard InChI is InChI=1S/C34H43ClN2O6/c1-32(2,3)43-28(38)21-40-16-10-9-11-17-41-23-12-14-25-22(18-23)20-37(29(25)39)30-33(4,5)31(34(30,6)7)42-24-13-15-27(36-8)26(35)19-24/h12-15,18-19,30-31H,9-11,16-17,20-21H2,1-7H3. The van der Waals surface area contributed by atoms with Crippen molar-refractivity contribution >= 4 is 29.2 Å². The SMILES string of the molecule is [C-]#[N+]c1ccc(OC2C(C)(C)C(N3Cc4cc(OCCCCCOCC(=O)OC(C)(C)C)ccc4C3=O)C2(C)C)cc1Cl. The first kappa shape index (κ1) is 32.6. The van der Waals surface area contributed by atoms with Gasteiger partial charge in [-0.2, -0.15) is 0 Å². The molecule has 0 atom stereocenters. The van der Waals surface area contributed by atoms with E-state index in [2.05, 4.69) is 32.5 Å². The number of carbonyl (C=O) groups is 2. The van der Waals surface area contributed by atoms with Crippen molar-refractivity contribution in [2.75, 3.05) is 19.8 Å². The first-order valence-electron chi connectivity index (χ1n) is 14.8. The molecule has 2 aromatic rings. The van der Waals surface area contributed by atoms with Gasteiger partial charge in [0.25, 0.3) is 5.91 Å². The van der Waals surface area contributed by atoms with Gasteiger partial charge in [0.1, 0.15) is 29.8 Å². The van der Waals surface area contributed by atoms with Crippen LogP contribution < -0.4 is 9.47 Å². The minimum Gasteiger partial charge on any atom is -0.494 e. The fourth-order valence-electron chi connectivity index (χ4n) is 6.82. The molecule has 43 heavy (non-hydrogen) atoms. The quantitative estimate of drug-likeness (QED) is 0.140. The first-order chi connectivity index (χ1) is 20.1. The number of rotatable bonds is 12. The molecule has 1 amide bonds. The summed E-state index contributed by atoms with van der Waals surface area (Å²) < 4.78 is 23.1. The molecule has 0 spiro atoms. The zero-order valence-electron chi connectivity index (χ0n) is 26.3. The number of unbranched alkanes of at least 4 members (excludes halogenated alkanes) is 2. The van der Waals surface area contributed by atoms with Crippen LogP contribution in [-0.2, 0) is 20.8 Å². The van der Waals surface area contributed by atoms with Crippen molar-refractivity contribution in [3.63, 3.8) is 0 Å². The molecular weight excluding hydrogens is 568 g/mol. The minimum atomic E-state index is -0.506. The maximum absolute atomic E-state index is 13.6. The summed E-state index contributed by atoms with van der Waals surface area (Å²) >= 11 is 6.25. The smallest absolute Gasteiger partial charge is 0.332 e. The van der Waals surface area contributed by atoms with E-state index in [1.807, 2.05) is 43.9 Å². The molecule has 0 aromatic heterocycles. The van der Waals surface area contributed by atoms with Crippen molar-refractivity contribution in [2.24, 2.45) is 10.8 Å². The summed E-state index contributed by atoms with van der Waals surface area (Å²) in [4.78, 5) is 30.6. The first-order valence-corrected chi connectivity index (χ1v) is 15.2. The molecular formula is C34H43ClN2O6. The molecule has 1 saturated carbocycles. The number of nitrogens with zero attached hydrogens (tertiary/aromatic N) is 2. The fourth-order valence-corrected chi connectivity index (χ4v) is 7.03. The van der Waals surface area contributed by atoms with Gasteiger partial charge in [0.2, 0.25) is 5.69 Å². The van der Waals surface area contributed by atoms with E-state index in [-0.39, 0.29) is 41.5 Å². The number of amides is 1. The molecule has 1 fully saturated rings. The lowest BCUT2D eigenvalue weighted by molar-refractivity contribution is -0.199. The maximum Gasteiger partial charge on any atom is 0.332 e. The Balaban J connectivity index is 1.27. The summed E-state index contributed by atoms with van der Waals surface area (Å²) in [6.45, 7) is 22.8. The molecule has 0 radical (unpaired) electrons. The van der Waals surface area contributed by atoms with Crippen molar-refractivity contribution < 1.29 is 28.5 Å². The zero-order valence-corrected chi connectivity index (χ0v) is 27.0. The van der Waals surface area contributed by atoms with Crippen molar-refractivity contribution in [1.29, 1.82) is 0 Å². The lowest BCUT2D eigenvalue weighted by atomic mass is 9.49. The molecule has 0 bridgehead atoms. The Morgan fingerprint density at radius 2 is 1.70 bits per heavy atom. The predicted molar refractivity (Wildman–Crippen MR) is 166 cm³/mol. The van der Waals surface area contributed by atoms with Crippen LogP contribution in [0.25, 0.3) is 4.85 Å². The van der Waals surface area contributed by atoms with E-state index < -0.39 is 5.60 Å². The number of hydrogen-bond donors (Lipinski definition) is 0. The van der Waals surface area contributed by atoms with Crippen LogP contribution in [0.5, 0.6) is 11.5 Å². The third kappa shape index (κ3) is 7.27. The van der Waals surface area contributed by atoms with E-state index in [4.69, 9.17) is 37.1 Å². The highest BCUT2D eigenvalue weighted by Gasteiger charge is 2.67. The van der Waals surface area contributed by atoms with Crippen molar-refractivity contribution in [2.45, 2.75) is 92.0 Å². The van der Waals surface area contributed by atoms with Gasteiger partial charge < -0.3 is 23.8 Å².